The molecule has 1 amide bonds. The molecular weight excluding hydrogens is 374 g/mol. The first kappa shape index (κ1) is 18.8. The van der Waals surface area contributed by atoms with Crippen molar-refractivity contribution in [2.24, 2.45) is 5.73 Å². The number of carbonyl (C=O) groups is 1. The summed E-state index contributed by atoms with van der Waals surface area (Å²) in [5.74, 6) is -0.468. The summed E-state index contributed by atoms with van der Waals surface area (Å²) in [5.41, 5.74) is 8.76. The fourth-order valence-corrected chi connectivity index (χ4v) is 4.22. The molecule has 3 aromatic rings. The predicted octanol–water partition coefficient (Wildman–Crippen LogP) is 3.78. The lowest BCUT2D eigenvalue weighted by Gasteiger charge is -2.38. The van der Waals surface area contributed by atoms with E-state index in [1.54, 1.807) is 6.20 Å². The smallest absolute Gasteiger partial charge is 0.252 e. The van der Waals surface area contributed by atoms with E-state index in [-0.39, 0.29) is 6.04 Å². The van der Waals surface area contributed by atoms with Gasteiger partial charge in [-0.1, -0.05) is 23.7 Å². The number of nitrogens with zero attached hydrogens (tertiary/aromatic N) is 2. The van der Waals surface area contributed by atoms with Crippen molar-refractivity contribution in [3.8, 4) is 0 Å². The number of hydrogen-bond donors (Lipinski definition) is 3. The molecule has 4 N–H and O–H groups in total. The van der Waals surface area contributed by atoms with Crippen LogP contribution >= 0.6 is 11.6 Å². The van der Waals surface area contributed by atoms with E-state index >= 15 is 0 Å². The van der Waals surface area contributed by atoms with Crippen LogP contribution in [0.1, 0.15) is 35.7 Å². The number of anilines is 1. The van der Waals surface area contributed by atoms with E-state index in [1.807, 2.05) is 30.5 Å². The minimum atomic E-state index is -0.468. The van der Waals surface area contributed by atoms with Crippen LogP contribution in [-0.4, -0.2) is 39.4 Å². The molecule has 2 aromatic heterocycles. The lowest BCUT2D eigenvalue weighted by atomic mass is 9.96. The van der Waals surface area contributed by atoms with Gasteiger partial charge < -0.3 is 16.0 Å². The van der Waals surface area contributed by atoms with E-state index in [2.05, 4.69) is 33.2 Å². The molecular formula is C21H24ClN5O. The summed E-state index contributed by atoms with van der Waals surface area (Å²) >= 11 is 6.12. The highest BCUT2D eigenvalue weighted by molar-refractivity contribution is 6.30. The molecule has 1 aliphatic rings. The Balaban J connectivity index is 1.48. The summed E-state index contributed by atoms with van der Waals surface area (Å²) in [6.45, 7) is 4.10. The monoisotopic (exact) mass is 397 g/mol. The zero-order chi connectivity index (χ0) is 19.7. The molecule has 3 heterocycles. The van der Waals surface area contributed by atoms with Gasteiger partial charge in [0.05, 0.1) is 11.3 Å². The molecule has 0 spiro atoms. The van der Waals surface area contributed by atoms with E-state index in [4.69, 9.17) is 17.3 Å². The van der Waals surface area contributed by atoms with Crippen LogP contribution < -0.4 is 11.1 Å². The van der Waals surface area contributed by atoms with Gasteiger partial charge in [0.1, 0.15) is 5.65 Å². The Morgan fingerprint density at radius 1 is 1.43 bits per heavy atom. The molecule has 1 saturated heterocycles. The van der Waals surface area contributed by atoms with Crippen molar-refractivity contribution in [3.63, 3.8) is 0 Å². The van der Waals surface area contributed by atoms with Crippen LogP contribution in [0.2, 0.25) is 5.02 Å². The van der Waals surface area contributed by atoms with Gasteiger partial charge in [-0.25, -0.2) is 4.98 Å². The number of pyridine rings is 1. The van der Waals surface area contributed by atoms with Crippen LogP contribution in [0, 0.1) is 0 Å². The van der Waals surface area contributed by atoms with E-state index < -0.39 is 5.91 Å². The molecule has 0 radical (unpaired) electrons. The maximum Gasteiger partial charge on any atom is 0.252 e. The van der Waals surface area contributed by atoms with Crippen molar-refractivity contribution >= 4 is 34.2 Å². The first-order valence-electron chi connectivity index (χ1n) is 9.52. The maximum atomic E-state index is 11.9. The van der Waals surface area contributed by atoms with Crippen molar-refractivity contribution in [2.45, 2.75) is 38.4 Å². The number of rotatable bonds is 5. The number of aromatic nitrogens is 2. The maximum absolute atomic E-state index is 11.9. The van der Waals surface area contributed by atoms with Crippen LogP contribution in [0.3, 0.4) is 0 Å². The number of fused-ring (bicyclic) bond motifs is 1. The summed E-state index contributed by atoms with van der Waals surface area (Å²) < 4.78 is 0. The van der Waals surface area contributed by atoms with Crippen molar-refractivity contribution in [3.05, 3.63) is 58.9 Å². The normalized spacial score (nSPS) is 20.4. The molecule has 1 aliphatic heterocycles. The first-order valence-corrected chi connectivity index (χ1v) is 9.90. The summed E-state index contributed by atoms with van der Waals surface area (Å²) in [4.78, 5) is 21.7. The van der Waals surface area contributed by atoms with E-state index in [9.17, 15) is 4.79 Å². The highest BCUT2D eigenvalue weighted by atomic mass is 35.5. The van der Waals surface area contributed by atoms with Gasteiger partial charge in [0.15, 0.2) is 0 Å². The molecule has 0 aliphatic carbocycles. The van der Waals surface area contributed by atoms with Gasteiger partial charge in [0, 0.05) is 48.0 Å². The Morgan fingerprint density at radius 3 is 3.04 bits per heavy atom. The number of benzene rings is 1. The Labute approximate surface area is 169 Å². The number of nitrogens with two attached hydrogens (primary N) is 1. The molecule has 4 rings (SSSR count). The zero-order valence-corrected chi connectivity index (χ0v) is 16.5. The third-order valence-corrected chi connectivity index (χ3v) is 5.72. The Bertz CT molecular complexity index is 1000. The van der Waals surface area contributed by atoms with Crippen LogP contribution in [0.5, 0.6) is 0 Å². The molecule has 0 bridgehead atoms. The molecule has 28 heavy (non-hydrogen) atoms. The van der Waals surface area contributed by atoms with Gasteiger partial charge in [-0.05, 0) is 43.5 Å². The van der Waals surface area contributed by atoms with Gasteiger partial charge in [-0.3, -0.25) is 9.69 Å². The van der Waals surface area contributed by atoms with Gasteiger partial charge in [0.25, 0.3) is 5.91 Å². The molecule has 7 heteroatoms. The average molecular weight is 398 g/mol. The molecule has 6 nitrogen and oxygen atoms in total. The Morgan fingerprint density at radius 2 is 2.29 bits per heavy atom. The molecule has 146 valence electrons. The SMILES string of the molecule is C[C@@H]1C[C@H](Nc2c(C(N)=O)cnc3[nH]ccc23)CCN1Cc1cccc(Cl)c1. The fourth-order valence-electron chi connectivity index (χ4n) is 4.01. The number of amides is 1. The number of H-pyrrole nitrogens is 1. The number of piperidine rings is 1. The third-order valence-electron chi connectivity index (χ3n) is 5.49. The minimum absolute atomic E-state index is 0.268. The lowest BCUT2D eigenvalue weighted by molar-refractivity contribution is 0.100. The summed E-state index contributed by atoms with van der Waals surface area (Å²) in [7, 11) is 0. The number of likely N-dealkylation sites (tertiary alicyclic amines) is 1. The summed E-state index contributed by atoms with van der Waals surface area (Å²) in [5, 5.41) is 5.24. The number of halogens is 1. The third kappa shape index (κ3) is 3.84. The van der Waals surface area contributed by atoms with Crippen LogP contribution in [0.15, 0.2) is 42.7 Å². The Kier molecular flexibility index (Phi) is 5.24. The number of primary amides is 1. The standard InChI is InChI=1S/C21H24ClN5O/c1-13-9-16(6-8-27(13)12-14-3-2-4-15(22)10-14)26-19-17-5-7-24-21(17)25-11-18(19)20(23)28/h2-5,7,10-11,13,16H,6,8-9,12H2,1H3,(H2,23,28)(H2,24,25,26)/t13-,16-/m1/s1. The van der Waals surface area contributed by atoms with E-state index in [0.717, 1.165) is 47.7 Å². The largest absolute Gasteiger partial charge is 0.381 e. The Hall–Kier alpha value is -2.57. The van der Waals surface area contributed by atoms with Gasteiger partial charge in [0.2, 0.25) is 0 Å². The molecule has 1 aromatic carbocycles. The van der Waals surface area contributed by atoms with Gasteiger partial charge in [-0.15, -0.1) is 0 Å². The van der Waals surface area contributed by atoms with Crippen molar-refractivity contribution < 1.29 is 4.79 Å². The fraction of sp³-hybridized carbons (Fsp3) is 0.333. The van der Waals surface area contributed by atoms with Crippen LogP contribution in [0.4, 0.5) is 5.69 Å². The molecule has 1 fully saturated rings. The second-order valence-corrected chi connectivity index (χ2v) is 7.90. The lowest BCUT2D eigenvalue weighted by Crippen LogP contribution is -2.44. The zero-order valence-electron chi connectivity index (χ0n) is 15.8. The summed E-state index contributed by atoms with van der Waals surface area (Å²) in [6.07, 6.45) is 5.33. The molecule has 0 unspecified atom stereocenters. The van der Waals surface area contributed by atoms with Crippen LogP contribution in [-0.2, 0) is 6.54 Å². The second kappa shape index (κ2) is 7.81. The number of hydrogen-bond acceptors (Lipinski definition) is 4. The minimum Gasteiger partial charge on any atom is -0.381 e. The molecule has 2 atom stereocenters. The average Bonchev–Trinajstić information content (AvgIpc) is 3.13. The number of carbonyl (C=O) groups excluding carboxylic acids is 1. The van der Waals surface area contributed by atoms with Crippen molar-refractivity contribution in [2.75, 3.05) is 11.9 Å². The van der Waals surface area contributed by atoms with Gasteiger partial charge in [-0.2, -0.15) is 0 Å². The van der Waals surface area contributed by atoms with Crippen molar-refractivity contribution in [1.82, 2.24) is 14.9 Å². The topological polar surface area (TPSA) is 87.0 Å². The van der Waals surface area contributed by atoms with Crippen LogP contribution in [0.25, 0.3) is 11.0 Å². The summed E-state index contributed by atoms with van der Waals surface area (Å²) in [6, 6.07) is 10.6. The second-order valence-electron chi connectivity index (χ2n) is 7.47. The quantitative estimate of drug-likeness (QED) is 0.611. The highest BCUT2D eigenvalue weighted by Gasteiger charge is 2.27. The number of nitrogens with one attached hydrogen (secondary N) is 2. The number of aromatic amines is 1. The molecule has 0 saturated carbocycles. The first-order chi connectivity index (χ1) is 13.5. The predicted molar refractivity (Wildman–Crippen MR) is 113 cm³/mol. The van der Waals surface area contributed by atoms with Crippen molar-refractivity contribution in [1.29, 1.82) is 0 Å². The highest BCUT2D eigenvalue weighted by Crippen LogP contribution is 2.29. The van der Waals surface area contributed by atoms with Gasteiger partial charge >= 0.3 is 0 Å². The van der Waals surface area contributed by atoms with E-state index in [1.165, 1.54) is 5.56 Å². The van der Waals surface area contributed by atoms with E-state index in [0.29, 0.717) is 11.6 Å².